The number of ether oxygens (including phenoxy) is 2. The summed E-state index contributed by atoms with van der Waals surface area (Å²) in [5, 5.41) is 1.05. The van der Waals surface area contributed by atoms with Crippen LogP contribution in [0.5, 0.6) is 11.5 Å². The first-order valence-corrected chi connectivity index (χ1v) is 16.1. The van der Waals surface area contributed by atoms with Gasteiger partial charge in [0.1, 0.15) is 29.3 Å². The molecule has 6 rings (SSSR count). The number of nitrogens with zero attached hydrogens (tertiary/aromatic N) is 4. The molecular weight excluding hydrogens is 713 g/mol. The SMILES string of the molecule is COc1ccccc1-c1cc(Cc2ccc(C(N)=O)c(Cl)c2)ncn1.COc1ccccc1-c1cc(Cl)ncn1.NC(=O)c1ccc(N)cc1Cl. The number of rotatable bonds is 8. The predicted octanol–water partition coefficient (Wildman–Crippen LogP) is 7.32. The Kier molecular flexibility index (Phi) is 13.7. The van der Waals surface area contributed by atoms with Crippen LogP contribution in [0.1, 0.15) is 32.0 Å². The van der Waals surface area contributed by atoms with Gasteiger partial charge in [-0.25, -0.2) is 19.9 Å². The molecule has 14 heteroatoms. The standard InChI is InChI=1S/C19H16ClN3O2.C11H9ClN2O.C7H7ClN2O/c1-25-18-5-3-2-4-15(18)17-10-13(22-11-23-17)8-12-6-7-14(19(21)24)16(20)9-12;1-15-10-5-3-2-4-8(10)9-6-11(12)14-7-13-9;8-6-3-4(9)1-2-5(6)7(10)11/h2-7,9-11H,8H2,1H3,(H2,21,24);2-7H,1H3;1-3H,9H2,(H2,10,11). The van der Waals surface area contributed by atoms with Crippen LogP contribution in [0.4, 0.5) is 5.69 Å². The van der Waals surface area contributed by atoms with Crippen LogP contribution in [0.2, 0.25) is 15.2 Å². The van der Waals surface area contributed by atoms with Gasteiger partial charge in [0.05, 0.1) is 46.8 Å². The molecule has 0 saturated heterocycles. The van der Waals surface area contributed by atoms with Crippen molar-refractivity contribution in [3.05, 3.63) is 147 Å². The van der Waals surface area contributed by atoms with Gasteiger partial charge >= 0.3 is 0 Å². The van der Waals surface area contributed by atoms with Gasteiger partial charge in [0.15, 0.2) is 0 Å². The van der Waals surface area contributed by atoms with Crippen molar-refractivity contribution in [2.45, 2.75) is 6.42 Å². The van der Waals surface area contributed by atoms with Gasteiger partial charge in [-0.1, -0.05) is 65.1 Å². The Morgan fingerprint density at radius 2 is 1.14 bits per heavy atom. The van der Waals surface area contributed by atoms with Crippen LogP contribution in [0.15, 0.2) is 110 Å². The molecule has 0 spiro atoms. The number of hydrogen-bond acceptors (Lipinski definition) is 9. The third kappa shape index (κ3) is 10.6. The predicted molar refractivity (Wildman–Crippen MR) is 200 cm³/mol. The van der Waals surface area contributed by atoms with E-state index in [1.165, 1.54) is 24.8 Å². The van der Waals surface area contributed by atoms with Crippen LogP contribution in [0, 0.1) is 0 Å². The molecule has 2 heterocycles. The molecule has 0 aliphatic rings. The molecule has 51 heavy (non-hydrogen) atoms. The first-order chi connectivity index (χ1) is 24.5. The molecule has 0 bridgehead atoms. The lowest BCUT2D eigenvalue weighted by atomic mass is 10.0. The third-order valence-corrected chi connectivity index (χ3v) is 7.90. The molecule has 0 radical (unpaired) electrons. The van der Waals surface area contributed by atoms with Gasteiger partial charge < -0.3 is 26.7 Å². The van der Waals surface area contributed by atoms with E-state index in [1.807, 2.05) is 60.7 Å². The summed E-state index contributed by atoms with van der Waals surface area (Å²) in [6, 6.07) is 28.7. The van der Waals surface area contributed by atoms with E-state index < -0.39 is 11.8 Å². The molecule has 6 aromatic rings. The fourth-order valence-corrected chi connectivity index (χ4v) is 5.37. The fourth-order valence-electron chi connectivity index (χ4n) is 4.64. The van der Waals surface area contributed by atoms with E-state index in [0.717, 1.165) is 45.3 Å². The first-order valence-electron chi connectivity index (χ1n) is 15.0. The number of benzene rings is 4. The van der Waals surface area contributed by atoms with Crippen molar-refractivity contribution in [2.75, 3.05) is 20.0 Å². The number of para-hydroxylation sites is 2. The van der Waals surface area contributed by atoms with Gasteiger partial charge in [0.2, 0.25) is 11.8 Å². The molecule has 4 aromatic carbocycles. The highest BCUT2D eigenvalue weighted by Gasteiger charge is 2.11. The van der Waals surface area contributed by atoms with Crippen LogP contribution in [0.25, 0.3) is 22.5 Å². The normalized spacial score (nSPS) is 10.1. The minimum absolute atomic E-state index is 0.289. The summed E-state index contributed by atoms with van der Waals surface area (Å²) < 4.78 is 10.6. The zero-order chi connectivity index (χ0) is 36.9. The average molecular weight is 745 g/mol. The van der Waals surface area contributed by atoms with E-state index in [-0.39, 0.29) is 5.02 Å². The highest BCUT2D eigenvalue weighted by molar-refractivity contribution is 6.34. The highest BCUT2D eigenvalue weighted by atomic mass is 35.5. The topological polar surface area (TPSA) is 182 Å². The number of hydrogen-bond donors (Lipinski definition) is 3. The Labute approximate surface area is 309 Å². The Morgan fingerprint density at radius 3 is 1.65 bits per heavy atom. The van der Waals surface area contributed by atoms with Crippen molar-refractivity contribution >= 4 is 52.3 Å². The summed E-state index contributed by atoms with van der Waals surface area (Å²) in [7, 11) is 3.25. The van der Waals surface area contributed by atoms with Crippen molar-refractivity contribution in [1.29, 1.82) is 0 Å². The molecule has 0 aliphatic carbocycles. The van der Waals surface area contributed by atoms with Crippen LogP contribution in [0.3, 0.4) is 0 Å². The lowest BCUT2D eigenvalue weighted by Crippen LogP contribution is -2.11. The number of nitrogens with two attached hydrogens (primary N) is 3. The van der Waals surface area contributed by atoms with Gasteiger partial charge in [-0.2, -0.15) is 0 Å². The monoisotopic (exact) mass is 743 g/mol. The Morgan fingerprint density at radius 1 is 0.627 bits per heavy atom. The van der Waals surface area contributed by atoms with Crippen molar-refractivity contribution < 1.29 is 19.1 Å². The molecule has 6 N–H and O–H groups in total. The first kappa shape index (κ1) is 38.1. The van der Waals surface area contributed by atoms with Crippen LogP contribution < -0.4 is 26.7 Å². The number of anilines is 1. The number of halogens is 3. The Balaban J connectivity index is 0.000000190. The summed E-state index contributed by atoms with van der Waals surface area (Å²) in [6.45, 7) is 0. The maximum atomic E-state index is 11.3. The number of methoxy groups -OCH3 is 2. The zero-order valence-corrected chi connectivity index (χ0v) is 29.7. The van der Waals surface area contributed by atoms with Crippen LogP contribution in [-0.2, 0) is 6.42 Å². The summed E-state index contributed by atoms with van der Waals surface area (Å²) in [5.74, 6) is 0.431. The number of carbonyl (C=O) groups excluding carboxylic acids is 2. The van der Waals surface area contributed by atoms with E-state index in [2.05, 4.69) is 19.9 Å². The minimum atomic E-state index is -0.546. The number of nitrogen functional groups attached to an aromatic ring is 1. The molecular formula is C37H32Cl3N7O4. The lowest BCUT2D eigenvalue weighted by molar-refractivity contribution is 0.0992. The fraction of sp³-hybridized carbons (Fsp3) is 0.0811. The number of aromatic nitrogens is 4. The molecule has 0 atom stereocenters. The van der Waals surface area contributed by atoms with Gasteiger partial charge in [-0.05, 0) is 66.2 Å². The maximum Gasteiger partial charge on any atom is 0.250 e. The van der Waals surface area contributed by atoms with Gasteiger partial charge in [-0.15, -0.1) is 0 Å². The van der Waals surface area contributed by atoms with E-state index >= 15 is 0 Å². The summed E-state index contributed by atoms with van der Waals surface area (Å²) >= 11 is 17.5. The summed E-state index contributed by atoms with van der Waals surface area (Å²) in [6.07, 6.45) is 3.52. The highest BCUT2D eigenvalue weighted by Crippen LogP contribution is 2.30. The smallest absolute Gasteiger partial charge is 0.250 e. The van der Waals surface area contributed by atoms with Gasteiger partial charge in [-0.3, -0.25) is 9.59 Å². The second-order valence-corrected chi connectivity index (χ2v) is 11.7. The van der Waals surface area contributed by atoms with Gasteiger partial charge in [0, 0.05) is 35.0 Å². The number of amides is 2. The second-order valence-electron chi connectivity index (χ2n) is 10.5. The van der Waals surface area contributed by atoms with Gasteiger partial charge in [0.25, 0.3) is 0 Å². The van der Waals surface area contributed by atoms with Crippen LogP contribution >= 0.6 is 34.8 Å². The molecule has 2 amide bonds. The lowest BCUT2D eigenvalue weighted by Gasteiger charge is -2.09. The molecule has 0 fully saturated rings. The van der Waals surface area contributed by atoms with E-state index in [9.17, 15) is 9.59 Å². The van der Waals surface area contributed by atoms with E-state index in [4.69, 9.17) is 61.5 Å². The quantitative estimate of drug-likeness (QED) is 0.106. The van der Waals surface area contributed by atoms with E-state index in [1.54, 1.807) is 38.5 Å². The van der Waals surface area contributed by atoms with Crippen molar-refractivity contribution in [2.24, 2.45) is 11.5 Å². The Hall–Kier alpha value is -5.75. The summed E-state index contributed by atoms with van der Waals surface area (Å²) in [5.41, 5.74) is 21.9. The minimum Gasteiger partial charge on any atom is -0.496 e. The molecule has 0 aliphatic heterocycles. The van der Waals surface area contributed by atoms with Crippen molar-refractivity contribution in [1.82, 2.24) is 19.9 Å². The second kappa shape index (κ2) is 18.3. The average Bonchev–Trinajstić information content (AvgIpc) is 3.12. The number of primary amides is 2. The summed E-state index contributed by atoms with van der Waals surface area (Å²) in [4.78, 5) is 38.5. The maximum absolute atomic E-state index is 11.3. The molecule has 2 aromatic heterocycles. The molecule has 0 saturated carbocycles. The number of carbonyl (C=O) groups is 2. The molecule has 260 valence electrons. The van der Waals surface area contributed by atoms with Crippen LogP contribution in [-0.4, -0.2) is 46.0 Å². The van der Waals surface area contributed by atoms with E-state index in [0.29, 0.717) is 33.4 Å². The molecule has 11 nitrogen and oxygen atoms in total. The van der Waals surface area contributed by atoms with Crippen molar-refractivity contribution in [3.63, 3.8) is 0 Å². The third-order valence-electron chi connectivity index (χ3n) is 7.07. The molecule has 0 unspecified atom stereocenters. The largest absolute Gasteiger partial charge is 0.496 e. The zero-order valence-electron chi connectivity index (χ0n) is 27.4. The van der Waals surface area contributed by atoms with Crippen molar-refractivity contribution in [3.8, 4) is 34.0 Å². The Bertz CT molecular complexity index is 2150.